The Bertz CT molecular complexity index is 1480. The Morgan fingerprint density at radius 2 is 1.86 bits per heavy atom. The average molecular weight is 610 g/mol. The molecule has 2 fully saturated rings. The van der Waals surface area contributed by atoms with Crippen LogP contribution in [0.5, 0.6) is 5.75 Å². The Balaban J connectivity index is 1.22. The van der Waals surface area contributed by atoms with E-state index >= 15 is 0 Å². The molecule has 1 aromatic carbocycles. The number of hydrogen-bond donors (Lipinski definition) is 1. The van der Waals surface area contributed by atoms with Gasteiger partial charge in [0.25, 0.3) is 5.56 Å². The van der Waals surface area contributed by atoms with Gasteiger partial charge in [-0.15, -0.1) is 0 Å². The van der Waals surface area contributed by atoms with Gasteiger partial charge in [0.1, 0.15) is 22.7 Å². The molecule has 3 atom stereocenters. The molecule has 0 aliphatic carbocycles. The highest BCUT2D eigenvalue weighted by atomic mass is 35.5. The van der Waals surface area contributed by atoms with Crippen LogP contribution >= 0.6 is 11.6 Å². The molecule has 5 heterocycles. The molecule has 1 N–H and O–H groups in total. The summed E-state index contributed by atoms with van der Waals surface area (Å²) in [6.07, 6.45) is 0.429. The second-order valence-electron chi connectivity index (χ2n) is 10.7. The molecule has 3 aliphatic rings. The normalized spacial score (nSPS) is 22.1. The van der Waals surface area contributed by atoms with Crippen molar-refractivity contribution in [3.63, 3.8) is 0 Å². The molecule has 226 valence electrons. The van der Waals surface area contributed by atoms with Crippen LogP contribution in [0.1, 0.15) is 73.5 Å². The third-order valence-corrected chi connectivity index (χ3v) is 8.25. The molecule has 2 aromatic heterocycles. The zero-order valence-electron chi connectivity index (χ0n) is 22.7. The monoisotopic (exact) mass is 609 g/mol. The molecular weight excluding hydrogens is 579 g/mol. The Morgan fingerprint density at radius 3 is 2.57 bits per heavy atom. The van der Waals surface area contributed by atoms with Gasteiger partial charge in [0.05, 0.1) is 42.5 Å². The number of aromatic nitrogens is 4. The number of ether oxygens (including phenoxy) is 3. The third-order valence-electron chi connectivity index (χ3n) is 7.90. The third kappa shape index (κ3) is 5.75. The molecule has 0 radical (unpaired) electrons. The zero-order chi connectivity index (χ0) is 29.4. The van der Waals surface area contributed by atoms with Gasteiger partial charge in [0, 0.05) is 26.1 Å². The van der Waals surface area contributed by atoms with Gasteiger partial charge >= 0.3 is 6.18 Å². The van der Waals surface area contributed by atoms with E-state index < -0.39 is 35.9 Å². The molecular formula is C28H31ClF3N5O5. The lowest BCUT2D eigenvalue weighted by molar-refractivity contribution is -0.139. The largest absolute Gasteiger partial charge is 0.465 e. The molecule has 42 heavy (non-hydrogen) atoms. The quantitative estimate of drug-likeness (QED) is 0.424. The summed E-state index contributed by atoms with van der Waals surface area (Å²) in [6.45, 7) is 1.94. The molecule has 0 amide bonds. The number of anilines is 1. The summed E-state index contributed by atoms with van der Waals surface area (Å²) in [5, 5.41) is 15.5. The van der Waals surface area contributed by atoms with E-state index in [0.29, 0.717) is 50.7 Å². The maximum atomic E-state index is 14.1. The van der Waals surface area contributed by atoms with Crippen LogP contribution in [0.2, 0.25) is 5.02 Å². The van der Waals surface area contributed by atoms with E-state index in [9.17, 15) is 23.1 Å². The predicted molar refractivity (Wildman–Crippen MR) is 145 cm³/mol. The molecule has 2 saturated heterocycles. The molecule has 3 aromatic rings. The van der Waals surface area contributed by atoms with Crippen LogP contribution in [0.4, 0.5) is 18.9 Å². The van der Waals surface area contributed by atoms with Crippen molar-refractivity contribution in [2.45, 2.75) is 76.4 Å². The van der Waals surface area contributed by atoms with E-state index in [-0.39, 0.29) is 28.6 Å². The van der Waals surface area contributed by atoms with E-state index in [1.165, 1.54) is 29.2 Å². The summed E-state index contributed by atoms with van der Waals surface area (Å²) < 4.78 is 62.1. The highest BCUT2D eigenvalue weighted by molar-refractivity contribution is 6.33. The van der Waals surface area contributed by atoms with Crippen LogP contribution in [0.25, 0.3) is 0 Å². The summed E-state index contributed by atoms with van der Waals surface area (Å²) in [6, 6.07) is 3.55. The van der Waals surface area contributed by atoms with Gasteiger partial charge in [-0.05, 0) is 49.8 Å². The van der Waals surface area contributed by atoms with Gasteiger partial charge in [-0.3, -0.25) is 4.79 Å². The smallest absolute Gasteiger partial charge is 0.416 e. The molecule has 0 bridgehead atoms. The Morgan fingerprint density at radius 1 is 1.07 bits per heavy atom. The number of halogens is 4. The van der Waals surface area contributed by atoms with Crippen LogP contribution in [0.15, 0.2) is 35.4 Å². The number of aliphatic hydroxyl groups is 1. The summed E-state index contributed by atoms with van der Waals surface area (Å²) in [7, 11) is 0. The highest BCUT2D eigenvalue weighted by Crippen LogP contribution is 2.40. The van der Waals surface area contributed by atoms with Crippen molar-refractivity contribution in [1.29, 1.82) is 0 Å². The van der Waals surface area contributed by atoms with Crippen molar-refractivity contribution in [3.05, 3.63) is 68.6 Å². The fourth-order valence-electron chi connectivity index (χ4n) is 5.69. The molecule has 3 unspecified atom stereocenters. The zero-order valence-corrected chi connectivity index (χ0v) is 23.5. The summed E-state index contributed by atoms with van der Waals surface area (Å²) in [4.78, 5) is 19.2. The maximum absolute atomic E-state index is 14.1. The van der Waals surface area contributed by atoms with Crippen molar-refractivity contribution in [3.8, 4) is 5.75 Å². The number of hydrogen-bond acceptors (Lipinski definition) is 8. The highest BCUT2D eigenvalue weighted by Gasteiger charge is 2.37. The number of nitrogens with zero attached hydrogens (tertiary/aromatic N) is 5. The fourth-order valence-corrected chi connectivity index (χ4v) is 5.95. The summed E-state index contributed by atoms with van der Waals surface area (Å²) in [5.74, 6) is 0.535. The van der Waals surface area contributed by atoms with E-state index in [2.05, 4.69) is 10.1 Å². The van der Waals surface area contributed by atoms with Crippen LogP contribution in [0.3, 0.4) is 0 Å². The van der Waals surface area contributed by atoms with Gasteiger partial charge in [0.15, 0.2) is 12.5 Å². The molecule has 0 saturated carbocycles. The SMILES string of the molecule is O=c1c(Cl)c(N2CCn3c(C(O)c4ccc(OC5CCCCO5)cc4C(F)(F)F)cnc3C2)cnn1C1CCCCO1. The fraction of sp³-hybridized carbons (Fsp3) is 0.536. The second kappa shape index (κ2) is 11.9. The molecule has 3 aliphatic heterocycles. The first kappa shape index (κ1) is 29.0. The summed E-state index contributed by atoms with van der Waals surface area (Å²) >= 11 is 6.49. The number of aliphatic hydroxyl groups excluding tert-OH is 1. The number of fused-ring (bicyclic) bond motifs is 1. The van der Waals surface area contributed by atoms with E-state index in [0.717, 1.165) is 31.7 Å². The maximum Gasteiger partial charge on any atom is 0.416 e. The van der Waals surface area contributed by atoms with Crippen LogP contribution in [0, 0.1) is 0 Å². The average Bonchev–Trinajstić information content (AvgIpc) is 3.42. The first-order chi connectivity index (χ1) is 20.2. The second-order valence-corrected chi connectivity index (χ2v) is 11.0. The van der Waals surface area contributed by atoms with Gasteiger partial charge in [-0.25, -0.2) is 4.98 Å². The summed E-state index contributed by atoms with van der Waals surface area (Å²) in [5.41, 5.74) is -1.08. The minimum atomic E-state index is -4.72. The lowest BCUT2D eigenvalue weighted by Crippen LogP contribution is -2.37. The van der Waals surface area contributed by atoms with Crippen molar-refractivity contribution in [2.24, 2.45) is 0 Å². The van der Waals surface area contributed by atoms with Gasteiger partial charge in [-0.1, -0.05) is 17.7 Å². The van der Waals surface area contributed by atoms with Crippen molar-refractivity contribution in [1.82, 2.24) is 19.3 Å². The molecule has 6 rings (SSSR count). The van der Waals surface area contributed by atoms with E-state index in [1.807, 2.05) is 4.90 Å². The van der Waals surface area contributed by atoms with Gasteiger partial charge < -0.3 is 28.8 Å². The predicted octanol–water partition coefficient (Wildman–Crippen LogP) is 4.82. The lowest BCUT2D eigenvalue weighted by Gasteiger charge is -2.32. The number of alkyl halides is 3. The molecule has 14 heteroatoms. The minimum Gasteiger partial charge on any atom is -0.465 e. The van der Waals surface area contributed by atoms with E-state index in [4.69, 9.17) is 25.8 Å². The van der Waals surface area contributed by atoms with Crippen molar-refractivity contribution < 1.29 is 32.5 Å². The molecule has 0 spiro atoms. The Hall–Kier alpha value is -3.13. The minimum absolute atomic E-state index is 0.00944. The Kier molecular flexibility index (Phi) is 8.18. The molecule has 10 nitrogen and oxygen atoms in total. The van der Waals surface area contributed by atoms with E-state index in [1.54, 1.807) is 4.57 Å². The first-order valence-electron chi connectivity index (χ1n) is 14.1. The first-order valence-corrected chi connectivity index (χ1v) is 14.4. The topological polar surface area (TPSA) is 104 Å². The van der Waals surface area contributed by atoms with Crippen LogP contribution in [-0.2, 0) is 28.7 Å². The van der Waals surface area contributed by atoms with Crippen LogP contribution < -0.4 is 15.2 Å². The van der Waals surface area contributed by atoms with Gasteiger partial charge in [-0.2, -0.15) is 23.0 Å². The van der Waals surface area contributed by atoms with Crippen molar-refractivity contribution in [2.75, 3.05) is 24.7 Å². The van der Waals surface area contributed by atoms with Crippen LogP contribution in [-0.4, -0.2) is 50.5 Å². The van der Waals surface area contributed by atoms with Crippen molar-refractivity contribution >= 4 is 17.3 Å². The van der Waals surface area contributed by atoms with Gasteiger partial charge in [0.2, 0.25) is 0 Å². The number of benzene rings is 1. The Labute approximate surface area is 244 Å². The number of imidazole rings is 1. The number of rotatable bonds is 6. The lowest BCUT2D eigenvalue weighted by atomic mass is 9.99. The standard InChI is InChI=1S/C28H31ClF3N5O5/c29-25-20(15-34-37(27(25)39)23-5-1-3-11-40-23)35-9-10-36-21(14-33-22(36)16-35)26(38)18-8-7-17(13-19(18)28(30,31)32)42-24-6-2-4-12-41-24/h7-8,13-15,23-24,26,38H,1-6,9-12,16H2.